The predicted molar refractivity (Wildman–Crippen MR) is 89.6 cm³/mol. The van der Waals surface area contributed by atoms with Crippen molar-refractivity contribution in [3.8, 4) is 0 Å². The Bertz CT molecular complexity index is 812. The van der Waals surface area contributed by atoms with Crippen molar-refractivity contribution in [2.24, 2.45) is 7.05 Å². The van der Waals surface area contributed by atoms with Gasteiger partial charge in [-0.2, -0.15) is 4.31 Å². The molecule has 3 rings (SSSR count). The van der Waals surface area contributed by atoms with Crippen molar-refractivity contribution in [1.82, 2.24) is 13.9 Å². The van der Waals surface area contributed by atoms with Gasteiger partial charge in [-0.05, 0) is 44.7 Å². The van der Waals surface area contributed by atoms with E-state index in [2.05, 4.69) is 4.98 Å². The van der Waals surface area contributed by atoms with Crippen molar-refractivity contribution in [1.29, 1.82) is 0 Å². The SMILES string of the molecule is Cc1cc(C)c(S(=O)(=O)N(Cc2nccn2C)C2CC2)c(C)c1. The smallest absolute Gasteiger partial charge is 0.244 e. The molecule has 2 aromatic rings. The molecular formula is C17H23N3O2S. The summed E-state index contributed by atoms with van der Waals surface area (Å²) in [6.07, 6.45) is 5.39. The average molecular weight is 333 g/mol. The standard InChI is InChI=1S/C17H23N3O2S/c1-12-9-13(2)17(14(3)10-12)23(21,22)20(15-5-6-15)11-16-18-7-8-19(16)4/h7-10,15H,5-6,11H2,1-4H3. The van der Waals surface area contributed by atoms with E-state index >= 15 is 0 Å². The lowest BCUT2D eigenvalue weighted by Gasteiger charge is -2.24. The van der Waals surface area contributed by atoms with Gasteiger partial charge in [-0.15, -0.1) is 0 Å². The van der Waals surface area contributed by atoms with Crippen LogP contribution in [-0.2, 0) is 23.6 Å². The zero-order valence-electron chi connectivity index (χ0n) is 14.1. The molecule has 1 fully saturated rings. The van der Waals surface area contributed by atoms with E-state index in [9.17, 15) is 8.42 Å². The fourth-order valence-electron chi connectivity index (χ4n) is 3.15. The van der Waals surface area contributed by atoms with Crippen LogP contribution < -0.4 is 0 Å². The average Bonchev–Trinajstić information content (AvgIpc) is 3.17. The lowest BCUT2D eigenvalue weighted by molar-refractivity contribution is 0.385. The van der Waals surface area contributed by atoms with Gasteiger partial charge in [-0.25, -0.2) is 13.4 Å². The van der Waals surface area contributed by atoms with E-state index < -0.39 is 10.0 Å². The first kappa shape index (κ1) is 16.2. The van der Waals surface area contributed by atoms with Crippen molar-refractivity contribution >= 4 is 10.0 Å². The Kier molecular flexibility index (Phi) is 4.06. The zero-order chi connectivity index (χ0) is 16.8. The first-order valence-electron chi connectivity index (χ1n) is 7.86. The molecular weight excluding hydrogens is 310 g/mol. The number of imidazole rings is 1. The Morgan fingerprint density at radius 3 is 2.30 bits per heavy atom. The molecule has 124 valence electrons. The summed E-state index contributed by atoms with van der Waals surface area (Å²) in [6, 6.07) is 3.97. The van der Waals surface area contributed by atoms with Gasteiger partial charge in [0.1, 0.15) is 5.82 Å². The molecule has 0 bridgehead atoms. The van der Waals surface area contributed by atoms with Gasteiger partial charge in [0.2, 0.25) is 10.0 Å². The summed E-state index contributed by atoms with van der Waals surface area (Å²) in [4.78, 5) is 4.74. The van der Waals surface area contributed by atoms with Crippen LogP contribution in [0.15, 0.2) is 29.4 Å². The van der Waals surface area contributed by atoms with Crippen LogP contribution in [0.3, 0.4) is 0 Å². The highest BCUT2D eigenvalue weighted by atomic mass is 32.2. The number of benzene rings is 1. The summed E-state index contributed by atoms with van der Waals surface area (Å²) in [5.41, 5.74) is 2.71. The van der Waals surface area contributed by atoms with Crippen molar-refractivity contribution in [3.05, 3.63) is 47.0 Å². The molecule has 1 aliphatic rings. The number of aryl methyl sites for hydroxylation is 4. The van der Waals surface area contributed by atoms with Crippen LogP contribution in [-0.4, -0.2) is 28.3 Å². The van der Waals surface area contributed by atoms with Crippen LogP contribution >= 0.6 is 0 Å². The summed E-state index contributed by atoms with van der Waals surface area (Å²) in [5.74, 6) is 0.767. The summed E-state index contributed by atoms with van der Waals surface area (Å²) in [5, 5.41) is 0. The van der Waals surface area contributed by atoms with E-state index in [0.717, 1.165) is 35.4 Å². The van der Waals surface area contributed by atoms with Crippen molar-refractivity contribution in [2.45, 2.75) is 51.1 Å². The number of aromatic nitrogens is 2. The van der Waals surface area contributed by atoms with Crippen LogP contribution in [0.4, 0.5) is 0 Å². The third-order valence-corrected chi connectivity index (χ3v) is 6.55. The largest absolute Gasteiger partial charge is 0.337 e. The summed E-state index contributed by atoms with van der Waals surface area (Å²) in [7, 11) is -1.64. The molecule has 0 unspecified atom stereocenters. The van der Waals surface area contributed by atoms with E-state index in [1.54, 1.807) is 10.5 Å². The molecule has 1 aromatic heterocycles. The van der Waals surface area contributed by atoms with Crippen LogP contribution in [0.2, 0.25) is 0 Å². The summed E-state index contributed by atoms with van der Waals surface area (Å²) in [6.45, 7) is 6.06. The maximum absolute atomic E-state index is 13.3. The van der Waals surface area contributed by atoms with Gasteiger partial charge in [0.15, 0.2) is 0 Å². The summed E-state index contributed by atoms with van der Waals surface area (Å²) < 4.78 is 30.1. The van der Waals surface area contributed by atoms with Gasteiger partial charge in [0, 0.05) is 25.5 Å². The maximum atomic E-state index is 13.3. The normalized spacial score (nSPS) is 15.3. The molecule has 23 heavy (non-hydrogen) atoms. The minimum atomic E-state index is -3.53. The zero-order valence-corrected chi connectivity index (χ0v) is 14.9. The third-order valence-electron chi connectivity index (χ3n) is 4.34. The number of nitrogens with zero attached hydrogens (tertiary/aromatic N) is 3. The third kappa shape index (κ3) is 3.05. The number of rotatable bonds is 5. The Labute approximate surface area is 138 Å². The van der Waals surface area contributed by atoms with Crippen LogP contribution in [0.1, 0.15) is 35.4 Å². The van der Waals surface area contributed by atoms with Crippen molar-refractivity contribution in [2.75, 3.05) is 0 Å². The molecule has 1 aromatic carbocycles. The first-order chi connectivity index (χ1) is 10.8. The Balaban J connectivity index is 2.04. The number of hydrogen-bond acceptors (Lipinski definition) is 3. The van der Waals surface area contributed by atoms with Gasteiger partial charge >= 0.3 is 0 Å². The molecule has 5 nitrogen and oxygen atoms in total. The minimum absolute atomic E-state index is 0.0943. The molecule has 0 atom stereocenters. The highest BCUT2D eigenvalue weighted by Crippen LogP contribution is 2.35. The lowest BCUT2D eigenvalue weighted by Crippen LogP contribution is -2.34. The van der Waals surface area contributed by atoms with E-state index in [0.29, 0.717) is 11.4 Å². The fourth-order valence-corrected chi connectivity index (χ4v) is 5.21. The monoisotopic (exact) mass is 333 g/mol. The van der Waals surface area contributed by atoms with E-state index in [-0.39, 0.29) is 6.04 Å². The van der Waals surface area contributed by atoms with Gasteiger partial charge in [0.25, 0.3) is 0 Å². The summed E-state index contributed by atoms with van der Waals surface area (Å²) >= 11 is 0. The maximum Gasteiger partial charge on any atom is 0.244 e. The molecule has 0 spiro atoms. The topological polar surface area (TPSA) is 55.2 Å². The Morgan fingerprint density at radius 1 is 1.22 bits per heavy atom. The minimum Gasteiger partial charge on any atom is -0.337 e. The Hall–Kier alpha value is -1.66. The highest BCUT2D eigenvalue weighted by Gasteiger charge is 2.39. The number of sulfonamides is 1. The highest BCUT2D eigenvalue weighted by molar-refractivity contribution is 7.89. The Morgan fingerprint density at radius 2 is 1.83 bits per heavy atom. The molecule has 0 N–H and O–H groups in total. The second-order valence-corrected chi connectivity index (χ2v) is 8.29. The predicted octanol–water partition coefficient (Wildman–Crippen LogP) is 2.70. The van der Waals surface area contributed by atoms with Crippen LogP contribution in [0.5, 0.6) is 0 Å². The second kappa shape index (κ2) is 5.76. The lowest BCUT2D eigenvalue weighted by atomic mass is 10.1. The van der Waals surface area contributed by atoms with Crippen LogP contribution in [0, 0.1) is 20.8 Å². The second-order valence-electron chi connectivity index (χ2n) is 6.46. The van der Waals surface area contributed by atoms with Gasteiger partial charge in [-0.3, -0.25) is 0 Å². The van der Waals surface area contributed by atoms with Crippen molar-refractivity contribution < 1.29 is 8.42 Å². The molecule has 0 amide bonds. The molecule has 0 aliphatic heterocycles. The van der Waals surface area contributed by atoms with E-state index in [4.69, 9.17) is 0 Å². The number of hydrogen-bond donors (Lipinski definition) is 0. The first-order valence-corrected chi connectivity index (χ1v) is 9.30. The molecule has 1 saturated carbocycles. The van der Waals surface area contributed by atoms with Gasteiger partial charge < -0.3 is 4.57 Å². The van der Waals surface area contributed by atoms with E-state index in [1.807, 2.05) is 50.7 Å². The van der Waals surface area contributed by atoms with Gasteiger partial charge in [0.05, 0.1) is 11.4 Å². The van der Waals surface area contributed by atoms with Gasteiger partial charge in [-0.1, -0.05) is 17.7 Å². The quantitative estimate of drug-likeness (QED) is 0.845. The fraction of sp³-hybridized carbons (Fsp3) is 0.471. The molecule has 6 heteroatoms. The van der Waals surface area contributed by atoms with Crippen molar-refractivity contribution in [3.63, 3.8) is 0 Å². The van der Waals surface area contributed by atoms with Crippen LogP contribution in [0.25, 0.3) is 0 Å². The molecule has 1 heterocycles. The van der Waals surface area contributed by atoms with E-state index in [1.165, 1.54) is 0 Å². The molecule has 0 saturated heterocycles. The molecule has 1 aliphatic carbocycles. The molecule has 0 radical (unpaired) electrons.